The fourth-order valence-corrected chi connectivity index (χ4v) is 1.55. The summed E-state index contributed by atoms with van der Waals surface area (Å²) in [6.07, 6.45) is 2.83. The highest BCUT2D eigenvalue weighted by molar-refractivity contribution is 5.73. The standard InChI is InChI=1S/C12H14N2O/c1-2-5-12(15)11-8-13-9-6-3-4-7-10(9)14-11/h3-4,6-8,12,15H,2,5H2,1H3. The average Bonchev–Trinajstić information content (AvgIpc) is 2.29. The summed E-state index contributed by atoms with van der Waals surface area (Å²) in [6, 6.07) is 7.68. The van der Waals surface area contributed by atoms with E-state index in [1.807, 2.05) is 31.2 Å². The number of aromatic nitrogens is 2. The van der Waals surface area contributed by atoms with E-state index in [1.54, 1.807) is 6.20 Å². The van der Waals surface area contributed by atoms with Crippen LogP contribution in [0.1, 0.15) is 31.6 Å². The molecule has 1 aromatic heterocycles. The number of aliphatic hydroxyl groups excluding tert-OH is 1. The smallest absolute Gasteiger partial charge is 0.0975 e. The predicted molar refractivity (Wildman–Crippen MR) is 59.4 cm³/mol. The van der Waals surface area contributed by atoms with E-state index in [0.29, 0.717) is 5.69 Å². The number of hydrogen-bond donors (Lipinski definition) is 1. The molecule has 2 aromatic rings. The molecule has 0 spiro atoms. The first-order chi connectivity index (χ1) is 7.31. The lowest BCUT2D eigenvalue weighted by Gasteiger charge is -2.08. The van der Waals surface area contributed by atoms with Crippen molar-refractivity contribution >= 4 is 11.0 Å². The van der Waals surface area contributed by atoms with Gasteiger partial charge in [0.2, 0.25) is 0 Å². The van der Waals surface area contributed by atoms with Crippen molar-refractivity contribution in [3.63, 3.8) is 0 Å². The van der Waals surface area contributed by atoms with Gasteiger partial charge in [-0.25, -0.2) is 4.98 Å². The van der Waals surface area contributed by atoms with Crippen molar-refractivity contribution in [3.8, 4) is 0 Å². The highest BCUT2D eigenvalue weighted by Crippen LogP contribution is 2.17. The Morgan fingerprint density at radius 1 is 1.27 bits per heavy atom. The van der Waals surface area contributed by atoms with Gasteiger partial charge in [0, 0.05) is 0 Å². The van der Waals surface area contributed by atoms with E-state index < -0.39 is 6.10 Å². The zero-order chi connectivity index (χ0) is 10.7. The fourth-order valence-electron chi connectivity index (χ4n) is 1.55. The van der Waals surface area contributed by atoms with Crippen molar-refractivity contribution < 1.29 is 5.11 Å². The van der Waals surface area contributed by atoms with Gasteiger partial charge in [0.05, 0.1) is 29.0 Å². The molecule has 1 heterocycles. The first-order valence-electron chi connectivity index (χ1n) is 5.21. The van der Waals surface area contributed by atoms with Gasteiger partial charge in [-0.15, -0.1) is 0 Å². The monoisotopic (exact) mass is 202 g/mol. The summed E-state index contributed by atoms with van der Waals surface area (Å²) in [7, 11) is 0. The van der Waals surface area contributed by atoms with Crippen molar-refractivity contribution in [1.82, 2.24) is 9.97 Å². The van der Waals surface area contributed by atoms with Crippen molar-refractivity contribution in [2.45, 2.75) is 25.9 Å². The molecule has 1 N–H and O–H groups in total. The Hall–Kier alpha value is -1.48. The maximum atomic E-state index is 9.78. The van der Waals surface area contributed by atoms with Crippen LogP contribution in [0.25, 0.3) is 11.0 Å². The minimum Gasteiger partial charge on any atom is -0.387 e. The summed E-state index contributed by atoms with van der Waals surface area (Å²) in [5.74, 6) is 0. The second-order valence-corrected chi connectivity index (χ2v) is 3.59. The molecule has 2 rings (SSSR count). The van der Waals surface area contributed by atoms with E-state index in [2.05, 4.69) is 9.97 Å². The van der Waals surface area contributed by atoms with Gasteiger partial charge in [0.15, 0.2) is 0 Å². The van der Waals surface area contributed by atoms with Crippen molar-refractivity contribution in [3.05, 3.63) is 36.2 Å². The lowest BCUT2D eigenvalue weighted by atomic mass is 10.1. The minimum atomic E-state index is -0.493. The van der Waals surface area contributed by atoms with Gasteiger partial charge in [0.1, 0.15) is 0 Å². The average molecular weight is 202 g/mol. The lowest BCUT2D eigenvalue weighted by Crippen LogP contribution is -2.01. The van der Waals surface area contributed by atoms with Crippen molar-refractivity contribution in [1.29, 1.82) is 0 Å². The molecular weight excluding hydrogens is 188 g/mol. The van der Waals surface area contributed by atoms with E-state index in [1.165, 1.54) is 0 Å². The quantitative estimate of drug-likeness (QED) is 0.831. The highest BCUT2D eigenvalue weighted by atomic mass is 16.3. The summed E-state index contributed by atoms with van der Waals surface area (Å²) in [6.45, 7) is 2.04. The number of nitrogens with zero attached hydrogens (tertiary/aromatic N) is 2. The second kappa shape index (κ2) is 4.36. The second-order valence-electron chi connectivity index (χ2n) is 3.59. The Balaban J connectivity index is 2.38. The van der Waals surface area contributed by atoms with Crippen LogP contribution in [0.2, 0.25) is 0 Å². The van der Waals surface area contributed by atoms with Gasteiger partial charge in [-0.1, -0.05) is 25.5 Å². The van der Waals surface area contributed by atoms with Crippen LogP contribution in [0.3, 0.4) is 0 Å². The summed E-state index contributed by atoms with van der Waals surface area (Å²) in [4.78, 5) is 8.64. The Morgan fingerprint density at radius 2 is 2.00 bits per heavy atom. The van der Waals surface area contributed by atoms with E-state index in [0.717, 1.165) is 23.9 Å². The van der Waals surface area contributed by atoms with Crippen LogP contribution >= 0.6 is 0 Å². The van der Waals surface area contributed by atoms with Crippen molar-refractivity contribution in [2.75, 3.05) is 0 Å². The van der Waals surface area contributed by atoms with Gasteiger partial charge in [0.25, 0.3) is 0 Å². The minimum absolute atomic E-state index is 0.493. The number of hydrogen-bond acceptors (Lipinski definition) is 3. The maximum absolute atomic E-state index is 9.78. The molecule has 15 heavy (non-hydrogen) atoms. The van der Waals surface area contributed by atoms with E-state index in [-0.39, 0.29) is 0 Å². The van der Waals surface area contributed by atoms with Gasteiger partial charge in [-0.2, -0.15) is 0 Å². The molecule has 1 atom stereocenters. The SMILES string of the molecule is CCCC(O)c1cnc2ccccc2n1. The molecule has 1 unspecified atom stereocenters. The van der Waals surface area contributed by atoms with Crippen LogP contribution in [0.15, 0.2) is 30.5 Å². The van der Waals surface area contributed by atoms with Crippen LogP contribution in [0, 0.1) is 0 Å². The van der Waals surface area contributed by atoms with Crippen LogP contribution in [0.5, 0.6) is 0 Å². The molecule has 0 radical (unpaired) electrons. The largest absolute Gasteiger partial charge is 0.387 e. The molecular formula is C12H14N2O. The summed E-state index contributed by atoms with van der Waals surface area (Å²) in [5.41, 5.74) is 2.37. The number of benzene rings is 1. The Labute approximate surface area is 88.8 Å². The number of aliphatic hydroxyl groups is 1. The number of fused-ring (bicyclic) bond motifs is 1. The van der Waals surface area contributed by atoms with Crippen molar-refractivity contribution in [2.24, 2.45) is 0 Å². The third-order valence-corrected chi connectivity index (χ3v) is 2.37. The molecule has 0 saturated carbocycles. The number of para-hydroxylation sites is 2. The Kier molecular flexibility index (Phi) is 2.92. The van der Waals surface area contributed by atoms with E-state index in [9.17, 15) is 5.11 Å². The van der Waals surface area contributed by atoms with Crippen LogP contribution in [0.4, 0.5) is 0 Å². The summed E-state index contributed by atoms with van der Waals surface area (Å²) in [5, 5.41) is 9.78. The van der Waals surface area contributed by atoms with Crippen LogP contribution < -0.4 is 0 Å². The molecule has 3 heteroatoms. The summed E-state index contributed by atoms with van der Waals surface area (Å²) < 4.78 is 0. The first kappa shape index (κ1) is 10.1. The normalized spacial score (nSPS) is 12.9. The highest BCUT2D eigenvalue weighted by Gasteiger charge is 2.08. The van der Waals surface area contributed by atoms with E-state index in [4.69, 9.17) is 0 Å². The molecule has 0 fully saturated rings. The Bertz CT molecular complexity index is 456. The molecule has 0 saturated heterocycles. The molecule has 0 bridgehead atoms. The molecule has 0 aliphatic heterocycles. The van der Waals surface area contributed by atoms with Crippen LogP contribution in [-0.4, -0.2) is 15.1 Å². The third kappa shape index (κ3) is 2.13. The van der Waals surface area contributed by atoms with E-state index >= 15 is 0 Å². The molecule has 1 aromatic carbocycles. The third-order valence-electron chi connectivity index (χ3n) is 2.37. The van der Waals surface area contributed by atoms with Crippen LogP contribution in [-0.2, 0) is 0 Å². The molecule has 0 aliphatic carbocycles. The maximum Gasteiger partial charge on any atom is 0.0975 e. The molecule has 3 nitrogen and oxygen atoms in total. The first-order valence-corrected chi connectivity index (χ1v) is 5.21. The van der Waals surface area contributed by atoms with Gasteiger partial charge in [-0.3, -0.25) is 4.98 Å². The zero-order valence-corrected chi connectivity index (χ0v) is 8.72. The molecule has 0 aliphatic rings. The topological polar surface area (TPSA) is 46.0 Å². The summed E-state index contributed by atoms with van der Waals surface area (Å²) >= 11 is 0. The fraction of sp³-hybridized carbons (Fsp3) is 0.333. The zero-order valence-electron chi connectivity index (χ0n) is 8.72. The lowest BCUT2D eigenvalue weighted by molar-refractivity contribution is 0.162. The van der Waals surface area contributed by atoms with Gasteiger partial charge >= 0.3 is 0 Å². The number of rotatable bonds is 3. The predicted octanol–water partition coefficient (Wildman–Crippen LogP) is 2.46. The molecule has 78 valence electrons. The Morgan fingerprint density at radius 3 is 2.73 bits per heavy atom. The van der Waals surface area contributed by atoms with Gasteiger partial charge < -0.3 is 5.11 Å². The van der Waals surface area contributed by atoms with Gasteiger partial charge in [-0.05, 0) is 18.6 Å². The molecule has 0 amide bonds.